The predicted octanol–water partition coefficient (Wildman–Crippen LogP) is 1.38. The van der Waals surface area contributed by atoms with Gasteiger partial charge in [-0.25, -0.2) is 0 Å². The second-order valence-corrected chi connectivity index (χ2v) is 1.89. The first-order chi connectivity index (χ1) is 3.27. The summed E-state index contributed by atoms with van der Waals surface area (Å²) >= 11 is 0. The van der Waals surface area contributed by atoms with E-state index < -0.39 is 0 Å². The Labute approximate surface area is 45.4 Å². The normalized spacial score (nSPS) is 10.9. The zero-order chi connectivity index (χ0) is 5.70. The highest BCUT2D eigenvalue weighted by Crippen LogP contribution is 1.89. The fourth-order valence-corrected chi connectivity index (χ4v) is 0.289. The third-order valence-electron chi connectivity index (χ3n) is 0.648. The number of rotatable bonds is 2. The van der Waals surface area contributed by atoms with Crippen LogP contribution in [0.3, 0.4) is 0 Å². The van der Waals surface area contributed by atoms with Crippen LogP contribution < -0.4 is 5.32 Å². The first-order valence-corrected chi connectivity index (χ1v) is 2.61. The van der Waals surface area contributed by atoms with Gasteiger partial charge in [-0.1, -0.05) is 19.9 Å². The SMILES string of the molecule is CN/C=C/C(C)C. The molecule has 0 aliphatic heterocycles. The monoisotopic (exact) mass is 99.1 g/mol. The molecule has 0 rings (SSSR count). The topological polar surface area (TPSA) is 12.0 Å². The van der Waals surface area contributed by atoms with Gasteiger partial charge in [-0.2, -0.15) is 0 Å². The molecule has 0 aliphatic rings. The smallest absolute Gasteiger partial charge is 0.00276 e. The zero-order valence-corrected chi connectivity index (χ0v) is 5.23. The Morgan fingerprint density at radius 2 is 2.00 bits per heavy atom. The molecule has 42 valence electrons. The highest BCUT2D eigenvalue weighted by Gasteiger charge is 1.78. The standard InChI is InChI=1S/C6H13N/c1-6(2)4-5-7-3/h4-7H,1-3H3/b5-4+. The Morgan fingerprint density at radius 3 is 2.14 bits per heavy atom. The lowest BCUT2D eigenvalue weighted by molar-refractivity contribution is 0.821. The molecule has 0 aromatic carbocycles. The van der Waals surface area contributed by atoms with Gasteiger partial charge < -0.3 is 5.32 Å². The Kier molecular flexibility index (Phi) is 3.48. The van der Waals surface area contributed by atoms with E-state index in [-0.39, 0.29) is 0 Å². The Morgan fingerprint density at radius 1 is 1.43 bits per heavy atom. The Balaban J connectivity index is 3.08. The average Bonchev–Trinajstić information content (AvgIpc) is 1.61. The summed E-state index contributed by atoms with van der Waals surface area (Å²) in [6.07, 6.45) is 4.06. The molecule has 0 atom stereocenters. The lowest BCUT2D eigenvalue weighted by atomic mass is 10.2. The summed E-state index contributed by atoms with van der Waals surface area (Å²) in [4.78, 5) is 0. The van der Waals surface area contributed by atoms with Gasteiger partial charge in [0.05, 0.1) is 0 Å². The van der Waals surface area contributed by atoms with Gasteiger partial charge in [-0.15, -0.1) is 0 Å². The molecule has 0 spiro atoms. The van der Waals surface area contributed by atoms with Gasteiger partial charge in [0, 0.05) is 7.05 Å². The third kappa shape index (κ3) is 5.54. The minimum absolute atomic E-state index is 0.660. The lowest BCUT2D eigenvalue weighted by Gasteiger charge is -1.90. The Hall–Kier alpha value is -0.460. The van der Waals surface area contributed by atoms with Crippen LogP contribution in [0.15, 0.2) is 12.3 Å². The molecule has 0 saturated carbocycles. The highest BCUT2D eigenvalue weighted by molar-refractivity contribution is 4.80. The summed E-state index contributed by atoms with van der Waals surface area (Å²) < 4.78 is 0. The van der Waals surface area contributed by atoms with Gasteiger partial charge in [0.2, 0.25) is 0 Å². The molecular weight excluding hydrogens is 86.1 g/mol. The summed E-state index contributed by atoms with van der Waals surface area (Å²) in [5.74, 6) is 0.660. The van der Waals surface area contributed by atoms with Crippen LogP contribution in [0, 0.1) is 5.92 Å². The van der Waals surface area contributed by atoms with Crippen molar-refractivity contribution in [3.63, 3.8) is 0 Å². The molecule has 7 heavy (non-hydrogen) atoms. The fraction of sp³-hybridized carbons (Fsp3) is 0.667. The van der Waals surface area contributed by atoms with Crippen LogP contribution in [0.4, 0.5) is 0 Å². The van der Waals surface area contributed by atoms with Gasteiger partial charge in [0.1, 0.15) is 0 Å². The van der Waals surface area contributed by atoms with Crippen molar-refractivity contribution in [1.29, 1.82) is 0 Å². The summed E-state index contributed by atoms with van der Waals surface area (Å²) in [6.45, 7) is 4.29. The number of hydrogen-bond donors (Lipinski definition) is 1. The predicted molar refractivity (Wildman–Crippen MR) is 33.0 cm³/mol. The van der Waals surface area contributed by atoms with Crippen LogP contribution >= 0.6 is 0 Å². The first kappa shape index (κ1) is 6.54. The van der Waals surface area contributed by atoms with Crippen LogP contribution in [-0.2, 0) is 0 Å². The molecule has 0 amide bonds. The molecule has 0 aromatic rings. The van der Waals surface area contributed by atoms with Crippen molar-refractivity contribution < 1.29 is 0 Å². The molecule has 0 aromatic heterocycles. The summed E-state index contributed by atoms with van der Waals surface area (Å²) in [5.41, 5.74) is 0. The van der Waals surface area contributed by atoms with E-state index in [4.69, 9.17) is 0 Å². The van der Waals surface area contributed by atoms with E-state index in [1.165, 1.54) is 0 Å². The molecular formula is C6H13N. The maximum Gasteiger partial charge on any atom is 0.00276 e. The van der Waals surface area contributed by atoms with Crippen molar-refractivity contribution in [3.05, 3.63) is 12.3 Å². The average molecular weight is 99.2 g/mol. The van der Waals surface area contributed by atoms with Gasteiger partial charge >= 0.3 is 0 Å². The minimum Gasteiger partial charge on any atom is -0.394 e. The minimum atomic E-state index is 0.660. The van der Waals surface area contributed by atoms with Gasteiger partial charge in [0.25, 0.3) is 0 Å². The van der Waals surface area contributed by atoms with E-state index >= 15 is 0 Å². The molecule has 1 N–H and O–H groups in total. The van der Waals surface area contributed by atoms with Gasteiger partial charge in [-0.05, 0) is 12.1 Å². The summed E-state index contributed by atoms with van der Waals surface area (Å²) in [6, 6.07) is 0. The molecule has 0 fully saturated rings. The lowest BCUT2D eigenvalue weighted by Crippen LogP contribution is -1.92. The quantitative estimate of drug-likeness (QED) is 0.551. The number of nitrogens with one attached hydrogen (secondary N) is 1. The van der Waals surface area contributed by atoms with E-state index in [1.807, 2.05) is 13.2 Å². The van der Waals surface area contributed by atoms with E-state index in [0.717, 1.165) is 0 Å². The maximum absolute atomic E-state index is 2.92. The van der Waals surface area contributed by atoms with E-state index in [9.17, 15) is 0 Å². The van der Waals surface area contributed by atoms with E-state index in [0.29, 0.717) is 5.92 Å². The first-order valence-electron chi connectivity index (χ1n) is 2.61. The van der Waals surface area contributed by atoms with Crippen molar-refractivity contribution in [3.8, 4) is 0 Å². The molecule has 0 aliphatic carbocycles. The maximum atomic E-state index is 2.92. The second-order valence-electron chi connectivity index (χ2n) is 1.89. The van der Waals surface area contributed by atoms with Crippen molar-refractivity contribution in [2.24, 2.45) is 5.92 Å². The second kappa shape index (κ2) is 3.72. The van der Waals surface area contributed by atoms with Crippen LogP contribution in [0.5, 0.6) is 0 Å². The number of allylic oxidation sites excluding steroid dienone is 1. The molecule has 1 nitrogen and oxygen atoms in total. The van der Waals surface area contributed by atoms with Gasteiger partial charge in [-0.3, -0.25) is 0 Å². The van der Waals surface area contributed by atoms with Crippen LogP contribution in [0.25, 0.3) is 0 Å². The Bertz CT molecular complexity index is 55.2. The molecule has 0 heterocycles. The van der Waals surface area contributed by atoms with Crippen molar-refractivity contribution in [1.82, 2.24) is 5.32 Å². The molecule has 0 radical (unpaired) electrons. The fourth-order valence-electron chi connectivity index (χ4n) is 0.289. The molecule has 0 saturated heterocycles. The highest BCUT2D eigenvalue weighted by atomic mass is 14.8. The third-order valence-corrected chi connectivity index (χ3v) is 0.648. The van der Waals surface area contributed by atoms with Crippen LogP contribution in [0.1, 0.15) is 13.8 Å². The van der Waals surface area contributed by atoms with Gasteiger partial charge in [0.15, 0.2) is 0 Å². The van der Waals surface area contributed by atoms with Crippen molar-refractivity contribution >= 4 is 0 Å². The zero-order valence-electron chi connectivity index (χ0n) is 5.23. The molecule has 1 heteroatoms. The summed E-state index contributed by atoms with van der Waals surface area (Å²) in [5, 5.41) is 2.92. The molecule has 0 unspecified atom stereocenters. The van der Waals surface area contributed by atoms with Crippen molar-refractivity contribution in [2.75, 3.05) is 7.05 Å². The van der Waals surface area contributed by atoms with E-state index in [2.05, 4.69) is 25.2 Å². The van der Waals surface area contributed by atoms with Crippen molar-refractivity contribution in [2.45, 2.75) is 13.8 Å². The van der Waals surface area contributed by atoms with E-state index in [1.54, 1.807) is 0 Å². The summed E-state index contributed by atoms with van der Waals surface area (Å²) in [7, 11) is 1.90. The largest absolute Gasteiger partial charge is 0.394 e. The van der Waals surface area contributed by atoms with Crippen LogP contribution in [-0.4, -0.2) is 7.05 Å². The molecule has 0 bridgehead atoms. The van der Waals surface area contributed by atoms with Crippen LogP contribution in [0.2, 0.25) is 0 Å². The number of hydrogen-bond acceptors (Lipinski definition) is 1.